The van der Waals surface area contributed by atoms with E-state index in [9.17, 15) is 40.5 Å². The minimum absolute atomic E-state index is 0.251. The van der Waals surface area contributed by atoms with Crippen molar-refractivity contribution in [3.05, 3.63) is 24.3 Å². The standard InChI is InChI=1S/C51H97NO10/c1-3-5-7-9-11-13-15-16-17-18-19-20-21-22-23-24-25-26-27-29-31-33-35-37-39-44(55)50(60)52-42(41-61-51-49(59)48(58)47(57)45(40-53)62-51)46(56)43(54)38-36-34-32-30-28-14-12-10-8-6-4-2/h22-23,30,32,42-49,51,53-59H,3-21,24-29,31,33-41H2,1-2H3,(H,52,60)/b23-22-,32-30+. The number of carbonyl (C=O) groups is 1. The van der Waals surface area contributed by atoms with Crippen molar-refractivity contribution in [1.82, 2.24) is 5.32 Å². The number of ether oxygens (including phenoxy) is 2. The molecule has 11 nitrogen and oxygen atoms in total. The molecule has 0 aromatic rings. The Morgan fingerprint density at radius 2 is 0.952 bits per heavy atom. The fourth-order valence-corrected chi connectivity index (χ4v) is 8.20. The number of allylic oxidation sites excluding steroid dienone is 4. The highest BCUT2D eigenvalue weighted by molar-refractivity contribution is 5.80. The molecule has 9 atom stereocenters. The minimum Gasteiger partial charge on any atom is -0.394 e. The largest absolute Gasteiger partial charge is 0.394 e. The molecule has 0 bridgehead atoms. The van der Waals surface area contributed by atoms with Gasteiger partial charge in [-0.15, -0.1) is 0 Å². The highest BCUT2D eigenvalue weighted by Gasteiger charge is 2.44. The molecule has 0 aliphatic carbocycles. The van der Waals surface area contributed by atoms with E-state index in [2.05, 4.69) is 43.5 Å². The van der Waals surface area contributed by atoms with Gasteiger partial charge in [0, 0.05) is 0 Å². The first-order chi connectivity index (χ1) is 30.2. The zero-order chi connectivity index (χ0) is 45.5. The van der Waals surface area contributed by atoms with Crippen LogP contribution in [0.25, 0.3) is 0 Å². The maximum atomic E-state index is 13.1. The molecule has 9 unspecified atom stereocenters. The summed E-state index contributed by atoms with van der Waals surface area (Å²) in [6.07, 6.45) is 35.3. The van der Waals surface area contributed by atoms with Crippen molar-refractivity contribution in [2.45, 2.75) is 281 Å². The minimum atomic E-state index is -1.67. The number of nitrogens with one attached hydrogen (secondary N) is 1. The lowest BCUT2D eigenvalue weighted by atomic mass is 9.98. The van der Waals surface area contributed by atoms with E-state index in [0.717, 1.165) is 44.9 Å². The second kappa shape index (κ2) is 41.1. The third kappa shape index (κ3) is 29.9. The van der Waals surface area contributed by atoms with Crippen LogP contribution in [0.4, 0.5) is 0 Å². The van der Waals surface area contributed by atoms with E-state index in [1.54, 1.807) is 0 Å². The molecule has 8 N–H and O–H groups in total. The Hall–Kier alpha value is -1.41. The molecular formula is C51H97NO10. The van der Waals surface area contributed by atoms with Crippen LogP contribution in [0.15, 0.2) is 24.3 Å². The van der Waals surface area contributed by atoms with Gasteiger partial charge in [0.2, 0.25) is 5.91 Å². The Bertz CT molecular complexity index is 1060. The zero-order valence-corrected chi connectivity index (χ0v) is 39.6. The summed E-state index contributed by atoms with van der Waals surface area (Å²) in [4.78, 5) is 13.1. The van der Waals surface area contributed by atoms with E-state index in [1.807, 2.05) is 0 Å². The van der Waals surface area contributed by atoms with Crippen LogP contribution in [0.2, 0.25) is 0 Å². The lowest BCUT2D eigenvalue weighted by molar-refractivity contribution is -0.303. The van der Waals surface area contributed by atoms with Crippen molar-refractivity contribution in [2.75, 3.05) is 13.2 Å². The van der Waals surface area contributed by atoms with E-state index in [-0.39, 0.29) is 12.8 Å². The molecule has 1 fully saturated rings. The number of carbonyl (C=O) groups excluding carboxylic acids is 1. The first-order valence-electron chi connectivity index (χ1n) is 25.7. The zero-order valence-electron chi connectivity index (χ0n) is 39.6. The van der Waals surface area contributed by atoms with Gasteiger partial charge in [0.1, 0.15) is 36.6 Å². The van der Waals surface area contributed by atoms with Crippen LogP contribution < -0.4 is 5.32 Å². The average Bonchev–Trinajstić information content (AvgIpc) is 3.27. The molecule has 1 saturated heterocycles. The van der Waals surface area contributed by atoms with Crippen molar-refractivity contribution in [1.29, 1.82) is 0 Å². The number of hydrogen-bond donors (Lipinski definition) is 8. The molecule has 1 rings (SSSR count). The van der Waals surface area contributed by atoms with Crippen LogP contribution in [0.3, 0.4) is 0 Å². The maximum Gasteiger partial charge on any atom is 0.249 e. The second-order valence-corrected chi connectivity index (χ2v) is 18.2. The number of rotatable bonds is 43. The quantitative estimate of drug-likeness (QED) is 0.0216. The topological polar surface area (TPSA) is 189 Å². The van der Waals surface area contributed by atoms with Crippen LogP contribution >= 0.6 is 0 Å². The Morgan fingerprint density at radius 1 is 0.548 bits per heavy atom. The summed E-state index contributed by atoms with van der Waals surface area (Å²) in [5.74, 6) is -0.709. The molecule has 0 aromatic carbocycles. The van der Waals surface area contributed by atoms with E-state index in [4.69, 9.17) is 9.47 Å². The van der Waals surface area contributed by atoms with Gasteiger partial charge in [-0.1, -0.05) is 186 Å². The molecule has 0 spiro atoms. The van der Waals surface area contributed by atoms with Crippen LogP contribution in [-0.2, 0) is 14.3 Å². The van der Waals surface area contributed by atoms with Crippen LogP contribution in [-0.4, -0.2) is 110 Å². The van der Waals surface area contributed by atoms with E-state index >= 15 is 0 Å². The molecule has 1 aliphatic heterocycles. The molecule has 1 aliphatic rings. The van der Waals surface area contributed by atoms with Crippen molar-refractivity contribution >= 4 is 5.91 Å². The molecule has 0 saturated carbocycles. The smallest absolute Gasteiger partial charge is 0.249 e. The second-order valence-electron chi connectivity index (χ2n) is 18.2. The lowest BCUT2D eigenvalue weighted by Gasteiger charge is -2.40. The summed E-state index contributed by atoms with van der Waals surface area (Å²) < 4.78 is 11.1. The van der Waals surface area contributed by atoms with Gasteiger partial charge in [0.25, 0.3) is 0 Å². The number of aliphatic hydroxyl groups excluding tert-OH is 7. The first-order valence-corrected chi connectivity index (χ1v) is 25.7. The summed E-state index contributed by atoms with van der Waals surface area (Å²) in [6, 6.07) is -1.18. The van der Waals surface area contributed by atoms with Crippen molar-refractivity contribution in [3.8, 4) is 0 Å². The van der Waals surface area contributed by atoms with Gasteiger partial charge in [-0.3, -0.25) is 4.79 Å². The Morgan fingerprint density at radius 3 is 1.39 bits per heavy atom. The van der Waals surface area contributed by atoms with Gasteiger partial charge >= 0.3 is 0 Å². The summed E-state index contributed by atoms with van der Waals surface area (Å²) in [5, 5.41) is 75.7. The molecule has 1 heterocycles. The molecule has 0 radical (unpaired) electrons. The van der Waals surface area contributed by atoms with E-state index in [1.165, 1.54) is 141 Å². The van der Waals surface area contributed by atoms with Gasteiger partial charge in [0.05, 0.1) is 25.4 Å². The predicted octanol–water partition coefficient (Wildman–Crippen LogP) is 9.40. The normalized spacial score (nSPS) is 21.5. The fraction of sp³-hybridized carbons (Fsp3) is 0.902. The fourth-order valence-electron chi connectivity index (χ4n) is 8.20. The monoisotopic (exact) mass is 884 g/mol. The number of hydrogen-bond acceptors (Lipinski definition) is 10. The predicted molar refractivity (Wildman–Crippen MR) is 252 cm³/mol. The highest BCUT2D eigenvalue weighted by Crippen LogP contribution is 2.23. The maximum absolute atomic E-state index is 13.1. The summed E-state index contributed by atoms with van der Waals surface area (Å²) in [7, 11) is 0. The number of unbranched alkanes of at least 4 members (excludes halogenated alkanes) is 27. The Kier molecular flexibility index (Phi) is 38.8. The molecule has 366 valence electrons. The van der Waals surface area contributed by atoms with Gasteiger partial charge in [-0.2, -0.15) is 0 Å². The Labute approximate surface area is 378 Å². The van der Waals surface area contributed by atoms with Gasteiger partial charge in [-0.05, 0) is 64.2 Å². The van der Waals surface area contributed by atoms with Crippen molar-refractivity contribution in [3.63, 3.8) is 0 Å². The summed E-state index contributed by atoms with van der Waals surface area (Å²) >= 11 is 0. The molecule has 11 heteroatoms. The van der Waals surface area contributed by atoms with E-state index in [0.29, 0.717) is 12.8 Å². The SMILES string of the molecule is CCCCCCCC/C=C/CCCC(O)C(O)C(COC1OC(CO)C(O)C(O)C1O)NC(=O)C(O)CCCCCCCCCC/C=C\CCCCCCCCCCCCCC. The molecule has 0 aromatic heterocycles. The van der Waals surface area contributed by atoms with Crippen LogP contribution in [0.1, 0.15) is 226 Å². The highest BCUT2D eigenvalue weighted by atomic mass is 16.7. The van der Waals surface area contributed by atoms with Crippen molar-refractivity contribution in [2.24, 2.45) is 0 Å². The molecule has 1 amide bonds. The third-order valence-corrected chi connectivity index (χ3v) is 12.5. The van der Waals surface area contributed by atoms with Gasteiger partial charge in [0.15, 0.2) is 6.29 Å². The summed E-state index contributed by atoms with van der Waals surface area (Å²) in [5.41, 5.74) is 0. The number of aliphatic hydroxyl groups is 7. The van der Waals surface area contributed by atoms with Crippen LogP contribution in [0.5, 0.6) is 0 Å². The van der Waals surface area contributed by atoms with Gasteiger partial charge < -0.3 is 50.5 Å². The lowest BCUT2D eigenvalue weighted by Crippen LogP contribution is -2.60. The molecular weight excluding hydrogens is 787 g/mol. The Balaban J connectivity index is 2.33. The molecule has 62 heavy (non-hydrogen) atoms. The van der Waals surface area contributed by atoms with E-state index < -0.39 is 74.2 Å². The summed E-state index contributed by atoms with van der Waals surface area (Å²) in [6.45, 7) is 3.41. The average molecular weight is 884 g/mol. The van der Waals surface area contributed by atoms with Gasteiger partial charge in [-0.25, -0.2) is 0 Å². The first kappa shape index (κ1) is 58.6. The van der Waals surface area contributed by atoms with Crippen molar-refractivity contribution < 1.29 is 50.0 Å². The number of amides is 1. The third-order valence-electron chi connectivity index (χ3n) is 12.5. The van der Waals surface area contributed by atoms with Crippen LogP contribution in [0, 0.1) is 0 Å².